The SMILES string of the molecule is ClC1CCCC(Cc2csc3ccccc23)C1. The Balaban J connectivity index is 1.80. The van der Waals surface area contributed by atoms with Crippen LogP contribution in [0.3, 0.4) is 0 Å². The van der Waals surface area contributed by atoms with Gasteiger partial charge in [-0.2, -0.15) is 0 Å². The first-order chi connectivity index (χ1) is 8.33. The van der Waals surface area contributed by atoms with Crippen molar-refractivity contribution < 1.29 is 0 Å². The maximum absolute atomic E-state index is 6.27. The fourth-order valence-corrected chi connectivity index (χ4v) is 4.29. The van der Waals surface area contributed by atoms with E-state index in [2.05, 4.69) is 29.6 Å². The lowest BCUT2D eigenvalue weighted by Gasteiger charge is -2.25. The van der Waals surface area contributed by atoms with Gasteiger partial charge in [-0.3, -0.25) is 0 Å². The highest BCUT2D eigenvalue weighted by Gasteiger charge is 2.21. The van der Waals surface area contributed by atoms with Crippen LogP contribution in [0.25, 0.3) is 10.1 Å². The molecule has 0 bridgehead atoms. The summed E-state index contributed by atoms with van der Waals surface area (Å²) in [6.45, 7) is 0. The van der Waals surface area contributed by atoms with Crippen LogP contribution in [0.1, 0.15) is 31.2 Å². The molecule has 1 aromatic carbocycles. The predicted octanol–water partition coefficient (Wildman–Crippen LogP) is 5.24. The van der Waals surface area contributed by atoms with E-state index in [0.717, 1.165) is 5.92 Å². The number of rotatable bonds is 2. The van der Waals surface area contributed by atoms with Gasteiger partial charge >= 0.3 is 0 Å². The summed E-state index contributed by atoms with van der Waals surface area (Å²) in [5.41, 5.74) is 1.53. The zero-order valence-electron chi connectivity index (χ0n) is 9.86. The molecule has 2 heteroatoms. The van der Waals surface area contributed by atoms with Gasteiger partial charge in [0.25, 0.3) is 0 Å². The summed E-state index contributed by atoms with van der Waals surface area (Å²) in [6, 6.07) is 8.73. The molecule has 1 saturated carbocycles. The third-order valence-electron chi connectivity index (χ3n) is 3.79. The van der Waals surface area contributed by atoms with Crippen LogP contribution in [0.2, 0.25) is 0 Å². The van der Waals surface area contributed by atoms with Crippen LogP contribution in [0.4, 0.5) is 0 Å². The van der Waals surface area contributed by atoms with E-state index >= 15 is 0 Å². The van der Waals surface area contributed by atoms with Crippen molar-refractivity contribution in [1.29, 1.82) is 0 Å². The van der Waals surface area contributed by atoms with Gasteiger partial charge in [0.2, 0.25) is 0 Å². The van der Waals surface area contributed by atoms with Crippen molar-refractivity contribution in [3.8, 4) is 0 Å². The van der Waals surface area contributed by atoms with Gasteiger partial charge in [-0.25, -0.2) is 0 Å². The van der Waals surface area contributed by atoms with E-state index in [0.29, 0.717) is 5.38 Å². The minimum absolute atomic E-state index is 0.415. The Morgan fingerprint density at radius 2 is 2.12 bits per heavy atom. The van der Waals surface area contributed by atoms with Gasteiger partial charge < -0.3 is 0 Å². The minimum atomic E-state index is 0.415. The lowest BCUT2D eigenvalue weighted by Crippen LogP contribution is -2.17. The first-order valence-electron chi connectivity index (χ1n) is 6.42. The molecule has 2 unspecified atom stereocenters. The Kier molecular flexibility index (Phi) is 3.39. The number of alkyl halides is 1. The lowest BCUT2D eigenvalue weighted by atomic mass is 9.84. The molecule has 2 atom stereocenters. The number of halogens is 1. The Bertz CT molecular complexity index is 502. The fraction of sp³-hybridized carbons (Fsp3) is 0.467. The molecule has 1 aromatic heterocycles. The maximum atomic E-state index is 6.27. The molecule has 1 aliphatic carbocycles. The van der Waals surface area contributed by atoms with Gasteiger partial charge in [0, 0.05) is 10.1 Å². The van der Waals surface area contributed by atoms with Crippen LogP contribution in [-0.2, 0) is 6.42 Å². The second-order valence-electron chi connectivity index (χ2n) is 5.09. The van der Waals surface area contributed by atoms with E-state index in [-0.39, 0.29) is 0 Å². The quantitative estimate of drug-likeness (QED) is 0.651. The molecule has 0 spiro atoms. The van der Waals surface area contributed by atoms with Crippen molar-refractivity contribution in [3.05, 3.63) is 35.2 Å². The third kappa shape index (κ3) is 2.51. The molecule has 1 heterocycles. The van der Waals surface area contributed by atoms with Crippen LogP contribution in [-0.4, -0.2) is 5.38 Å². The summed E-state index contributed by atoms with van der Waals surface area (Å²) in [5, 5.41) is 4.20. The summed E-state index contributed by atoms with van der Waals surface area (Å²) in [6.07, 6.45) is 6.29. The molecular formula is C15H17ClS. The van der Waals surface area contributed by atoms with Gasteiger partial charge in [0.1, 0.15) is 0 Å². The second-order valence-corrected chi connectivity index (χ2v) is 6.62. The summed E-state index contributed by atoms with van der Waals surface area (Å²) in [5.74, 6) is 0.796. The van der Waals surface area contributed by atoms with Crippen molar-refractivity contribution in [1.82, 2.24) is 0 Å². The number of benzene rings is 1. The Morgan fingerprint density at radius 1 is 1.24 bits per heavy atom. The van der Waals surface area contributed by atoms with Crippen molar-refractivity contribution in [2.45, 2.75) is 37.5 Å². The summed E-state index contributed by atoms with van der Waals surface area (Å²) < 4.78 is 1.42. The topological polar surface area (TPSA) is 0 Å². The van der Waals surface area contributed by atoms with Gasteiger partial charge in [-0.05, 0) is 47.6 Å². The maximum Gasteiger partial charge on any atom is 0.0345 e. The highest BCUT2D eigenvalue weighted by molar-refractivity contribution is 7.17. The van der Waals surface area contributed by atoms with E-state index in [1.165, 1.54) is 47.8 Å². The van der Waals surface area contributed by atoms with Crippen LogP contribution in [0.5, 0.6) is 0 Å². The first-order valence-corrected chi connectivity index (χ1v) is 7.73. The fourth-order valence-electron chi connectivity index (χ4n) is 2.91. The number of thiophene rings is 1. The average molecular weight is 265 g/mol. The molecule has 2 aromatic rings. The molecule has 1 fully saturated rings. The van der Waals surface area contributed by atoms with Crippen molar-refractivity contribution >= 4 is 33.0 Å². The second kappa shape index (κ2) is 4.99. The smallest absolute Gasteiger partial charge is 0.0345 e. The zero-order valence-corrected chi connectivity index (χ0v) is 11.4. The molecule has 0 radical (unpaired) electrons. The number of hydrogen-bond donors (Lipinski definition) is 0. The van der Waals surface area contributed by atoms with Gasteiger partial charge in [0.15, 0.2) is 0 Å². The van der Waals surface area contributed by atoms with Gasteiger partial charge in [-0.15, -0.1) is 22.9 Å². The summed E-state index contributed by atoms with van der Waals surface area (Å²) in [4.78, 5) is 0. The molecule has 3 rings (SSSR count). The first kappa shape index (κ1) is 11.6. The molecule has 17 heavy (non-hydrogen) atoms. The summed E-state index contributed by atoms with van der Waals surface area (Å²) in [7, 11) is 0. The normalized spacial score (nSPS) is 25.2. The van der Waals surface area contributed by atoms with E-state index in [4.69, 9.17) is 11.6 Å². The van der Waals surface area contributed by atoms with Crippen LogP contribution >= 0.6 is 22.9 Å². The Hall–Kier alpha value is -0.530. The van der Waals surface area contributed by atoms with E-state index < -0.39 is 0 Å². The highest BCUT2D eigenvalue weighted by Crippen LogP contribution is 2.34. The number of hydrogen-bond acceptors (Lipinski definition) is 1. The third-order valence-corrected chi connectivity index (χ3v) is 5.20. The summed E-state index contributed by atoms with van der Waals surface area (Å²) >= 11 is 8.14. The Morgan fingerprint density at radius 3 is 3.00 bits per heavy atom. The average Bonchev–Trinajstić information content (AvgIpc) is 2.73. The molecule has 0 saturated heterocycles. The molecule has 0 nitrogen and oxygen atoms in total. The minimum Gasteiger partial charge on any atom is -0.144 e. The van der Waals surface area contributed by atoms with Crippen molar-refractivity contribution in [3.63, 3.8) is 0 Å². The molecule has 90 valence electrons. The molecular weight excluding hydrogens is 248 g/mol. The zero-order chi connectivity index (χ0) is 11.7. The standard InChI is InChI=1S/C15H17ClS/c16-13-5-3-4-11(9-13)8-12-10-17-15-7-2-1-6-14(12)15/h1-2,6-7,10-11,13H,3-5,8-9H2. The molecule has 0 amide bonds. The van der Waals surface area contributed by atoms with Crippen LogP contribution in [0.15, 0.2) is 29.6 Å². The predicted molar refractivity (Wildman–Crippen MR) is 77.1 cm³/mol. The van der Waals surface area contributed by atoms with E-state index in [1.807, 2.05) is 11.3 Å². The Labute approximate surface area is 112 Å². The monoisotopic (exact) mass is 264 g/mol. The highest BCUT2D eigenvalue weighted by atomic mass is 35.5. The van der Waals surface area contributed by atoms with Crippen LogP contribution in [0, 0.1) is 5.92 Å². The van der Waals surface area contributed by atoms with Crippen LogP contribution < -0.4 is 0 Å². The largest absolute Gasteiger partial charge is 0.144 e. The molecule has 1 aliphatic rings. The van der Waals surface area contributed by atoms with Crippen molar-refractivity contribution in [2.24, 2.45) is 5.92 Å². The lowest BCUT2D eigenvalue weighted by molar-refractivity contribution is 0.362. The van der Waals surface area contributed by atoms with Gasteiger partial charge in [-0.1, -0.05) is 31.0 Å². The van der Waals surface area contributed by atoms with E-state index in [1.54, 1.807) is 0 Å². The molecule has 0 N–H and O–H groups in total. The molecule has 0 aliphatic heterocycles. The van der Waals surface area contributed by atoms with E-state index in [9.17, 15) is 0 Å². The number of fused-ring (bicyclic) bond motifs is 1. The van der Waals surface area contributed by atoms with Gasteiger partial charge in [0.05, 0.1) is 0 Å². The van der Waals surface area contributed by atoms with Crippen molar-refractivity contribution in [2.75, 3.05) is 0 Å².